The molecule has 22 heavy (non-hydrogen) atoms. The molecular formula is C16H19N3O3. The number of rotatable bonds is 7. The number of anilines is 1. The number of nitrogens with zero attached hydrogens (tertiary/aromatic N) is 2. The Bertz CT molecular complexity index is 644. The number of aromatic nitrogens is 1. The van der Waals surface area contributed by atoms with E-state index >= 15 is 0 Å². The average molecular weight is 301 g/mol. The molecule has 0 saturated heterocycles. The minimum absolute atomic E-state index is 0.0388. The number of hydrogen-bond acceptors (Lipinski definition) is 5. The zero-order valence-electron chi connectivity index (χ0n) is 12.7. The molecule has 6 heteroatoms. The summed E-state index contributed by atoms with van der Waals surface area (Å²) < 4.78 is 5.77. The van der Waals surface area contributed by atoms with Crippen LogP contribution in [0.5, 0.6) is 5.75 Å². The fourth-order valence-electron chi connectivity index (χ4n) is 1.91. The number of para-hydroxylation sites is 1. The largest absolute Gasteiger partial charge is 0.493 e. The van der Waals surface area contributed by atoms with Crippen molar-refractivity contribution in [1.82, 2.24) is 4.98 Å². The van der Waals surface area contributed by atoms with Gasteiger partial charge in [-0.1, -0.05) is 32.0 Å². The van der Waals surface area contributed by atoms with Gasteiger partial charge in [-0.2, -0.15) is 0 Å². The van der Waals surface area contributed by atoms with E-state index in [1.165, 1.54) is 12.3 Å². The minimum Gasteiger partial charge on any atom is -0.493 e. The molecule has 0 unspecified atom stereocenters. The third kappa shape index (κ3) is 4.18. The second-order valence-corrected chi connectivity index (χ2v) is 5.29. The van der Waals surface area contributed by atoms with Crippen molar-refractivity contribution < 1.29 is 9.66 Å². The van der Waals surface area contributed by atoms with Gasteiger partial charge in [0.15, 0.2) is 0 Å². The second-order valence-electron chi connectivity index (χ2n) is 5.29. The van der Waals surface area contributed by atoms with Crippen molar-refractivity contribution in [3.63, 3.8) is 0 Å². The lowest BCUT2D eigenvalue weighted by molar-refractivity contribution is -0.384. The molecule has 116 valence electrons. The molecule has 0 aliphatic rings. The van der Waals surface area contributed by atoms with E-state index in [0.29, 0.717) is 19.1 Å². The Labute approximate surface area is 129 Å². The Morgan fingerprint density at radius 1 is 1.27 bits per heavy atom. The minimum atomic E-state index is -0.448. The van der Waals surface area contributed by atoms with Gasteiger partial charge in [0.2, 0.25) is 5.82 Å². The van der Waals surface area contributed by atoms with Gasteiger partial charge in [-0.05, 0) is 18.1 Å². The van der Waals surface area contributed by atoms with Crippen LogP contribution in [-0.4, -0.2) is 16.5 Å². The molecule has 0 aliphatic heterocycles. The lowest BCUT2D eigenvalue weighted by Gasteiger charge is -2.13. The van der Waals surface area contributed by atoms with Crippen LogP contribution in [0, 0.1) is 16.0 Å². The van der Waals surface area contributed by atoms with Gasteiger partial charge in [0.05, 0.1) is 11.5 Å². The van der Waals surface area contributed by atoms with Crippen molar-refractivity contribution in [2.45, 2.75) is 20.4 Å². The van der Waals surface area contributed by atoms with Gasteiger partial charge < -0.3 is 10.1 Å². The Hall–Kier alpha value is -2.63. The van der Waals surface area contributed by atoms with E-state index in [-0.39, 0.29) is 11.5 Å². The van der Waals surface area contributed by atoms with E-state index in [1.54, 1.807) is 6.07 Å². The molecule has 1 aromatic carbocycles. The molecular weight excluding hydrogens is 282 g/mol. The molecule has 0 amide bonds. The van der Waals surface area contributed by atoms with Crippen molar-refractivity contribution in [3.05, 3.63) is 58.3 Å². The van der Waals surface area contributed by atoms with E-state index in [2.05, 4.69) is 24.1 Å². The van der Waals surface area contributed by atoms with Crippen LogP contribution < -0.4 is 10.1 Å². The number of nitrogens with one attached hydrogen (secondary N) is 1. The zero-order valence-corrected chi connectivity index (χ0v) is 12.7. The van der Waals surface area contributed by atoms with Crippen LogP contribution in [0.1, 0.15) is 19.4 Å². The summed E-state index contributed by atoms with van der Waals surface area (Å²) in [6.45, 7) is 5.20. The summed E-state index contributed by atoms with van der Waals surface area (Å²) >= 11 is 0. The summed E-state index contributed by atoms with van der Waals surface area (Å²) in [5.41, 5.74) is 0.895. The molecule has 0 aliphatic carbocycles. The lowest BCUT2D eigenvalue weighted by Crippen LogP contribution is -2.09. The molecule has 6 nitrogen and oxygen atoms in total. The molecule has 2 aromatic rings. The highest BCUT2D eigenvalue weighted by Crippen LogP contribution is 2.24. The van der Waals surface area contributed by atoms with E-state index in [9.17, 15) is 10.1 Å². The summed E-state index contributed by atoms with van der Waals surface area (Å²) in [7, 11) is 0. The van der Waals surface area contributed by atoms with Crippen LogP contribution in [0.3, 0.4) is 0 Å². The smallest absolute Gasteiger partial charge is 0.311 e. The monoisotopic (exact) mass is 301 g/mol. The SMILES string of the molecule is CC(C)COc1ccccc1CNc1ncccc1[N+](=O)[O-]. The normalized spacial score (nSPS) is 10.5. The summed E-state index contributed by atoms with van der Waals surface area (Å²) in [5, 5.41) is 14.0. The standard InChI is InChI=1S/C16H19N3O3/c1-12(2)11-22-15-8-4-3-6-13(15)10-18-16-14(19(20)21)7-5-9-17-16/h3-9,12H,10-11H2,1-2H3,(H,17,18). The van der Waals surface area contributed by atoms with Gasteiger partial charge in [-0.25, -0.2) is 4.98 Å². The molecule has 2 rings (SSSR count). The van der Waals surface area contributed by atoms with Crippen molar-refractivity contribution in [1.29, 1.82) is 0 Å². The number of benzene rings is 1. The first-order chi connectivity index (χ1) is 10.6. The third-order valence-electron chi connectivity index (χ3n) is 2.97. The van der Waals surface area contributed by atoms with Gasteiger partial charge in [0, 0.05) is 24.4 Å². The maximum absolute atomic E-state index is 11.0. The number of ether oxygens (including phenoxy) is 1. The fraction of sp³-hybridized carbons (Fsp3) is 0.312. The molecule has 0 radical (unpaired) electrons. The first-order valence-electron chi connectivity index (χ1n) is 7.12. The fourth-order valence-corrected chi connectivity index (χ4v) is 1.91. The van der Waals surface area contributed by atoms with Gasteiger partial charge in [-0.3, -0.25) is 10.1 Å². The Morgan fingerprint density at radius 2 is 2.05 bits per heavy atom. The van der Waals surface area contributed by atoms with Crippen molar-refractivity contribution in [3.8, 4) is 5.75 Å². The van der Waals surface area contributed by atoms with E-state index in [1.807, 2.05) is 24.3 Å². The molecule has 0 atom stereocenters. The topological polar surface area (TPSA) is 77.3 Å². The van der Waals surface area contributed by atoms with Gasteiger partial charge >= 0.3 is 5.69 Å². The molecule has 0 spiro atoms. The average Bonchev–Trinajstić information content (AvgIpc) is 2.51. The molecule has 0 bridgehead atoms. The highest BCUT2D eigenvalue weighted by Gasteiger charge is 2.14. The number of nitro groups is 1. The zero-order chi connectivity index (χ0) is 15.9. The Balaban J connectivity index is 2.10. The van der Waals surface area contributed by atoms with E-state index in [0.717, 1.165) is 11.3 Å². The van der Waals surface area contributed by atoms with Crippen molar-refractivity contribution in [2.75, 3.05) is 11.9 Å². The van der Waals surface area contributed by atoms with Crippen molar-refractivity contribution >= 4 is 11.5 Å². The van der Waals surface area contributed by atoms with Crippen LogP contribution in [0.4, 0.5) is 11.5 Å². The molecule has 0 saturated carbocycles. The van der Waals surface area contributed by atoms with Gasteiger partial charge in [0.25, 0.3) is 0 Å². The number of hydrogen-bond donors (Lipinski definition) is 1. The van der Waals surface area contributed by atoms with E-state index in [4.69, 9.17) is 4.74 Å². The molecule has 0 fully saturated rings. The summed E-state index contributed by atoms with van der Waals surface area (Å²) in [6.07, 6.45) is 1.52. The summed E-state index contributed by atoms with van der Waals surface area (Å²) in [4.78, 5) is 14.6. The molecule has 1 N–H and O–H groups in total. The highest BCUT2D eigenvalue weighted by atomic mass is 16.6. The van der Waals surface area contributed by atoms with Crippen LogP contribution in [0.15, 0.2) is 42.6 Å². The number of pyridine rings is 1. The second kappa shape index (κ2) is 7.40. The Morgan fingerprint density at radius 3 is 2.77 bits per heavy atom. The highest BCUT2D eigenvalue weighted by molar-refractivity contribution is 5.55. The molecule has 1 heterocycles. The van der Waals surface area contributed by atoms with Crippen LogP contribution in [0.2, 0.25) is 0 Å². The van der Waals surface area contributed by atoms with Crippen LogP contribution in [0.25, 0.3) is 0 Å². The van der Waals surface area contributed by atoms with Crippen LogP contribution in [-0.2, 0) is 6.54 Å². The predicted molar refractivity (Wildman–Crippen MR) is 85.0 cm³/mol. The molecule has 1 aromatic heterocycles. The summed E-state index contributed by atoms with van der Waals surface area (Å²) in [5.74, 6) is 1.46. The quantitative estimate of drug-likeness (QED) is 0.624. The maximum Gasteiger partial charge on any atom is 0.311 e. The lowest BCUT2D eigenvalue weighted by atomic mass is 10.2. The van der Waals surface area contributed by atoms with Gasteiger partial charge in [0.1, 0.15) is 5.75 Å². The maximum atomic E-state index is 11.0. The first-order valence-corrected chi connectivity index (χ1v) is 7.12. The summed E-state index contributed by atoms with van der Waals surface area (Å²) in [6, 6.07) is 10.6. The van der Waals surface area contributed by atoms with Gasteiger partial charge in [-0.15, -0.1) is 0 Å². The van der Waals surface area contributed by atoms with E-state index < -0.39 is 4.92 Å². The predicted octanol–water partition coefficient (Wildman–Crippen LogP) is 3.64. The Kier molecular flexibility index (Phi) is 5.30. The van der Waals surface area contributed by atoms with Crippen LogP contribution >= 0.6 is 0 Å². The van der Waals surface area contributed by atoms with Crippen molar-refractivity contribution in [2.24, 2.45) is 5.92 Å². The first kappa shape index (κ1) is 15.8. The third-order valence-corrected chi connectivity index (χ3v) is 2.97.